The third-order valence-electron chi connectivity index (χ3n) is 0.841. The molecule has 0 aliphatic heterocycles. The molecule has 0 fully saturated rings. The molecular formula is C7H5N3O. The number of rotatable bonds is 2. The van der Waals surface area contributed by atoms with Crippen molar-refractivity contribution in [2.75, 3.05) is 6.61 Å². The maximum atomic E-state index is 8.35. The van der Waals surface area contributed by atoms with Crippen molar-refractivity contribution in [1.29, 1.82) is 15.8 Å². The van der Waals surface area contributed by atoms with Gasteiger partial charge in [-0.1, -0.05) is 0 Å². The third-order valence-corrected chi connectivity index (χ3v) is 0.841. The normalized spacial score (nSPS) is 6.73. The number of hydrogen-bond acceptors (Lipinski definition) is 4. The van der Waals surface area contributed by atoms with E-state index in [-0.39, 0.29) is 17.9 Å². The van der Waals surface area contributed by atoms with E-state index in [2.05, 4.69) is 0 Å². The van der Waals surface area contributed by atoms with Crippen LogP contribution in [0.15, 0.2) is 11.3 Å². The molecule has 0 aromatic heterocycles. The Hall–Kier alpha value is -1.99. The molecule has 4 heteroatoms. The summed E-state index contributed by atoms with van der Waals surface area (Å²) < 4.78 is 4.71. The summed E-state index contributed by atoms with van der Waals surface area (Å²) in [4.78, 5) is 0. The largest absolute Gasteiger partial charge is 0.483 e. The fourth-order valence-corrected chi connectivity index (χ4v) is 0.431. The van der Waals surface area contributed by atoms with E-state index in [0.717, 1.165) is 0 Å². The number of nitrogens with zero attached hydrogens (tertiary/aromatic N) is 3. The SMILES string of the molecule is CCOC(C#N)=C(C#N)C#N. The van der Waals surface area contributed by atoms with Gasteiger partial charge in [0.1, 0.15) is 18.2 Å². The van der Waals surface area contributed by atoms with E-state index in [1.165, 1.54) is 0 Å². The molecule has 0 aromatic rings. The van der Waals surface area contributed by atoms with E-state index in [9.17, 15) is 0 Å². The van der Waals surface area contributed by atoms with Crippen molar-refractivity contribution < 1.29 is 4.74 Å². The molecule has 0 saturated heterocycles. The van der Waals surface area contributed by atoms with Gasteiger partial charge in [-0.05, 0) is 6.92 Å². The third kappa shape index (κ3) is 2.39. The van der Waals surface area contributed by atoms with E-state index in [1.807, 2.05) is 0 Å². The van der Waals surface area contributed by atoms with E-state index < -0.39 is 0 Å². The van der Waals surface area contributed by atoms with Crippen LogP contribution in [0, 0.1) is 34.0 Å². The van der Waals surface area contributed by atoms with Crippen molar-refractivity contribution in [2.24, 2.45) is 0 Å². The Bertz CT molecular complexity index is 268. The molecule has 4 nitrogen and oxygen atoms in total. The number of allylic oxidation sites excluding steroid dienone is 2. The van der Waals surface area contributed by atoms with Crippen molar-refractivity contribution in [1.82, 2.24) is 0 Å². The van der Waals surface area contributed by atoms with Crippen LogP contribution in [0.3, 0.4) is 0 Å². The summed E-state index contributed by atoms with van der Waals surface area (Å²) >= 11 is 0. The molecular weight excluding hydrogens is 142 g/mol. The zero-order valence-corrected chi connectivity index (χ0v) is 5.96. The molecule has 0 saturated carbocycles. The molecule has 0 N–H and O–H groups in total. The highest BCUT2D eigenvalue weighted by Crippen LogP contribution is 2.02. The maximum absolute atomic E-state index is 8.35. The first-order valence-corrected chi connectivity index (χ1v) is 2.87. The van der Waals surface area contributed by atoms with Crippen LogP contribution in [0.5, 0.6) is 0 Å². The lowest BCUT2D eigenvalue weighted by Gasteiger charge is -1.96. The van der Waals surface area contributed by atoms with Crippen LogP contribution >= 0.6 is 0 Å². The summed E-state index contributed by atoms with van der Waals surface area (Å²) in [5.74, 6) is -0.211. The first-order chi connectivity index (χ1) is 5.29. The van der Waals surface area contributed by atoms with Crippen LogP contribution < -0.4 is 0 Å². The van der Waals surface area contributed by atoms with Gasteiger partial charge in [-0.25, -0.2) is 0 Å². The highest BCUT2D eigenvalue weighted by molar-refractivity contribution is 5.42. The van der Waals surface area contributed by atoms with Crippen molar-refractivity contribution in [3.8, 4) is 18.2 Å². The molecule has 0 rings (SSSR count). The summed E-state index contributed by atoms with van der Waals surface area (Å²) in [6, 6.07) is 4.73. The van der Waals surface area contributed by atoms with Crippen molar-refractivity contribution in [3.05, 3.63) is 11.3 Å². The van der Waals surface area contributed by atoms with Crippen LogP contribution in [0.25, 0.3) is 0 Å². The van der Waals surface area contributed by atoms with Crippen molar-refractivity contribution in [3.63, 3.8) is 0 Å². The lowest BCUT2D eigenvalue weighted by Crippen LogP contribution is -1.92. The molecule has 11 heavy (non-hydrogen) atoms. The molecule has 0 heterocycles. The molecule has 0 amide bonds. The van der Waals surface area contributed by atoms with E-state index >= 15 is 0 Å². The molecule has 0 spiro atoms. The van der Waals surface area contributed by atoms with Crippen molar-refractivity contribution >= 4 is 0 Å². The zero-order valence-electron chi connectivity index (χ0n) is 5.96. The van der Waals surface area contributed by atoms with E-state index in [4.69, 9.17) is 20.5 Å². The van der Waals surface area contributed by atoms with Crippen LogP contribution in [0.2, 0.25) is 0 Å². The number of ether oxygens (including phenoxy) is 1. The smallest absolute Gasteiger partial charge is 0.226 e. The van der Waals surface area contributed by atoms with E-state index in [0.29, 0.717) is 0 Å². The molecule has 0 aliphatic carbocycles. The number of hydrogen-bond donors (Lipinski definition) is 0. The zero-order chi connectivity index (χ0) is 8.69. The Kier molecular flexibility index (Phi) is 3.97. The van der Waals surface area contributed by atoms with Gasteiger partial charge in [0.25, 0.3) is 0 Å². The molecule has 0 bridgehead atoms. The quantitative estimate of drug-likeness (QED) is 0.428. The highest BCUT2D eigenvalue weighted by atomic mass is 16.5. The molecule has 0 unspecified atom stereocenters. The van der Waals surface area contributed by atoms with Gasteiger partial charge in [-0.3, -0.25) is 0 Å². The van der Waals surface area contributed by atoms with Crippen molar-refractivity contribution in [2.45, 2.75) is 6.92 Å². The summed E-state index contributed by atoms with van der Waals surface area (Å²) in [7, 11) is 0. The van der Waals surface area contributed by atoms with Crippen LogP contribution in [-0.4, -0.2) is 6.61 Å². The second-order valence-corrected chi connectivity index (χ2v) is 1.47. The van der Waals surface area contributed by atoms with Gasteiger partial charge in [0.05, 0.1) is 6.61 Å². The predicted molar refractivity (Wildman–Crippen MR) is 35.5 cm³/mol. The van der Waals surface area contributed by atoms with Gasteiger partial charge in [-0.15, -0.1) is 0 Å². The van der Waals surface area contributed by atoms with Gasteiger partial charge in [0, 0.05) is 0 Å². The standard InChI is InChI=1S/C7H5N3O/c1-2-11-7(5-10)6(3-8)4-9/h2H2,1H3. The van der Waals surface area contributed by atoms with Gasteiger partial charge in [0.2, 0.25) is 5.76 Å². The fourth-order valence-electron chi connectivity index (χ4n) is 0.431. The molecule has 0 aliphatic rings. The Morgan fingerprint density at radius 1 is 1.18 bits per heavy atom. The highest BCUT2D eigenvalue weighted by Gasteiger charge is 2.04. The van der Waals surface area contributed by atoms with Crippen LogP contribution in [-0.2, 0) is 4.74 Å². The first kappa shape index (κ1) is 9.01. The molecule has 0 radical (unpaired) electrons. The minimum atomic E-state index is -0.283. The second kappa shape index (κ2) is 4.85. The second-order valence-electron chi connectivity index (χ2n) is 1.47. The monoisotopic (exact) mass is 147 g/mol. The first-order valence-electron chi connectivity index (χ1n) is 2.87. The summed E-state index contributed by atoms with van der Waals surface area (Å²) in [6.45, 7) is 1.94. The molecule has 0 atom stereocenters. The Balaban J connectivity index is 4.75. The predicted octanol–water partition coefficient (Wildman–Crippen LogP) is 0.848. The Morgan fingerprint density at radius 3 is 2.00 bits per heavy atom. The average molecular weight is 147 g/mol. The molecule has 0 aromatic carbocycles. The van der Waals surface area contributed by atoms with Gasteiger partial charge in [0.15, 0.2) is 5.57 Å². The maximum Gasteiger partial charge on any atom is 0.226 e. The summed E-state index contributed by atoms with van der Waals surface area (Å²) in [5, 5.41) is 24.9. The van der Waals surface area contributed by atoms with Gasteiger partial charge >= 0.3 is 0 Å². The van der Waals surface area contributed by atoms with Gasteiger partial charge < -0.3 is 4.74 Å². The number of nitriles is 3. The Morgan fingerprint density at radius 2 is 1.73 bits per heavy atom. The van der Waals surface area contributed by atoms with Crippen LogP contribution in [0.4, 0.5) is 0 Å². The molecule has 54 valence electrons. The topological polar surface area (TPSA) is 80.6 Å². The van der Waals surface area contributed by atoms with Gasteiger partial charge in [-0.2, -0.15) is 15.8 Å². The minimum Gasteiger partial charge on any atom is -0.483 e. The Labute approximate surface area is 64.5 Å². The summed E-state index contributed by atoms with van der Waals surface area (Å²) in [5.41, 5.74) is -0.283. The fraction of sp³-hybridized carbons (Fsp3) is 0.286. The average Bonchev–Trinajstić information content (AvgIpc) is 2.05. The lowest BCUT2D eigenvalue weighted by atomic mass is 10.3. The minimum absolute atomic E-state index is 0.211. The van der Waals surface area contributed by atoms with E-state index in [1.54, 1.807) is 25.1 Å². The lowest BCUT2D eigenvalue weighted by molar-refractivity contribution is 0.244. The van der Waals surface area contributed by atoms with Crippen LogP contribution in [0.1, 0.15) is 6.92 Å². The summed E-state index contributed by atoms with van der Waals surface area (Å²) in [6.07, 6.45) is 0.